The lowest BCUT2D eigenvalue weighted by Gasteiger charge is -2.22. The number of allylic oxidation sites excluding steroid dienone is 1. The molecule has 0 saturated carbocycles. The predicted octanol–water partition coefficient (Wildman–Crippen LogP) is 7.42. The minimum Gasteiger partial charge on any atom is -0.462 e. The number of hydrogen-bond acceptors (Lipinski definition) is 3. The zero-order valence-corrected chi connectivity index (χ0v) is 20.0. The van der Waals surface area contributed by atoms with Gasteiger partial charge < -0.3 is 9.47 Å². The number of carbonyl (C=O) groups excluding carboxylic acids is 1. The number of ether oxygens (including phenoxy) is 2. The van der Waals surface area contributed by atoms with Crippen molar-refractivity contribution in [2.24, 2.45) is 17.8 Å². The molecule has 0 aromatic carbocycles. The second-order valence-corrected chi connectivity index (χ2v) is 9.44. The molecule has 0 bridgehead atoms. The van der Waals surface area contributed by atoms with Crippen molar-refractivity contribution in [1.82, 2.24) is 0 Å². The van der Waals surface area contributed by atoms with E-state index in [2.05, 4.69) is 40.5 Å². The molecular formula is C27H46O3. The Kier molecular flexibility index (Phi) is 13.0. The van der Waals surface area contributed by atoms with Crippen molar-refractivity contribution in [2.45, 2.75) is 110 Å². The normalized spacial score (nSPS) is 24.1. The van der Waals surface area contributed by atoms with E-state index in [4.69, 9.17) is 9.47 Å². The maximum absolute atomic E-state index is 12.6. The molecule has 0 N–H and O–H groups in total. The molecule has 0 spiro atoms. The Hall–Kier alpha value is -1.35. The minimum absolute atomic E-state index is 0.0519. The number of unbranched alkanes of at least 4 members (excludes halogenated alkanes) is 1. The van der Waals surface area contributed by atoms with E-state index in [1.807, 2.05) is 19.1 Å². The Balaban J connectivity index is 2.33. The van der Waals surface area contributed by atoms with E-state index in [0.717, 1.165) is 69.8 Å². The van der Waals surface area contributed by atoms with Gasteiger partial charge in [-0.15, -0.1) is 13.2 Å². The highest BCUT2D eigenvalue weighted by molar-refractivity contribution is 5.72. The predicted molar refractivity (Wildman–Crippen MR) is 127 cm³/mol. The molecule has 3 heteroatoms. The topological polar surface area (TPSA) is 35.5 Å². The Morgan fingerprint density at radius 1 is 1.20 bits per heavy atom. The van der Waals surface area contributed by atoms with Crippen LogP contribution in [0.1, 0.15) is 91.9 Å². The Morgan fingerprint density at radius 2 is 1.93 bits per heavy atom. The van der Waals surface area contributed by atoms with Crippen molar-refractivity contribution in [2.75, 3.05) is 0 Å². The fourth-order valence-corrected chi connectivity index (χ4v) is 4.36. The lowest BCUT2D eigenvalue weighted by atomic mass is 9.95. The largest absolute Gasteiger partial charge is 0.462 e. The molecule has 1 aliphatic rings. The van der Waals surface area contributed by atoms with Gasteiger partial charge in [0, 0.05) is 6.42 Å². The van der Waals surface area contributed by atoms with Crippen LogP contribution in [0.15, 0.2) is 37.5 Å². The Labute approximate surface area is 186 Å². The van der Waals surface area contributed by atoms with Gasteiger partial charge in [-0.2, -0.15) is 0 Å². The van der Waals surface area contributed by atoms with Crippen LogP contribution < -0.4 is 0 Å². The van der Waals surface area contributed by atoms with Gasteiger partial charge in [-0.25, -0.2) is 0 Å². The van der Waals surface area contributed by atoms with Gasteiger partial charge in [-0.3, -0.25) is 4.79 Å². The molecule has 0 unspecified atom stereocenters. The fraction of sp³-hybridized carbons (Fsp3) is 0.741. The van der Waals surface area contributed by atoms with E-state index in [1.165, 1.54) is 0 Å². The Bertz CT molecular complexity index is 538. The van der Waals surface area contributed by atoms with Gasteiger partial charge in [0.15, 0.2) is 0 Å². The standard InChI is InChI=1S/C27H46O3/c1-8-13-24(18-21(5)17-20(4)10-3)30-27(28)22(6)15-11-12-16-26-23(7)19-25(29-26)14-9-2/h9-10,20,22-26H,2-3,5,8,11-19H2,1,4,6-7H3/t20-,22-,23-,24+,25-,26-/m0/s1. The zero-order chi connectivity index (χ0) is 22.5. The first-order valence-corrected chi connectivity index (χ1v) is 12.1. The van der Waals surface area contributed by atoms with Crippen molar-refractivity contribution >= 4 is 5.97 Å². The van der Waals surface area contributed by atoms with E-state index in [9.17, 15) is 4.79 Å². The molecule has 0 aromatic rings. The van der Waals surface area contributed by atoms with Crippen LogP contribution in [0.4, 0.5) is 0 Å². The summed E-state index contributed by atoms with van der Waals surface area (Å²) in [4.78, 5) is 12.6. The number of carbonyl (C=O) groups is 1. The number of rotatable bonds is 16. The monoisotopic (exact) mass is 418 g/mol. The quantitative estimate of drug-likeness (QED) is 0.149. The van der Waals surface area contributed by atoms with Crippen LogP contribution in [0.3, 0.4) is 0 Å². The molecule has 1 fully saturated rings. The summed E-state index contributed by atoms with van der Waals surface area (Å²) in [5.41, 5.74) is 1.14. The highest BCUT2D eigenvalue weighted by Gasteiger charge is 2.30. The molecule has 1 saturated heterocycles. The summed E-state index contributed by atoms with van der Waals surface area (Å²) in [5, 5.41) is 0. The third-order valence-electron chi connectivity index (χ3n) is 6.27. The molecule has 172 valence electrons. The molecule has 1 aliphatic heterocycles. The maximum atomic E-state index is 12.6. The van der Waals surface area contributed by atoms with Gasteiger partial charge in [0.05, 0.1) is 18.1 Å². The van der Waals surface area contributed by atoms with Gasteiger partial charge in [0.2, 0.25) is 0 Å². The summed E-state index contributed by atoms with van der Waals surface area (Å²) in [7, 11) is 0. The molecule has 1 rings (SSSR count). The molecular weight excluding hydrogens is 372 g/mol. The number of esters is 1. The minimum atomic E-state index is -0.0606. The van der Waals surface area contributed by atoms with Crippen molar-refractivity contribution in [3.63, 3.8) is 0 Å². The second kappa shape index (κ2) is 14.6. The average molecular weight is 419 g/mol. The summed E-state index contributed by atoms with van der Waals surface area (Å²) in [5.74, 6) is 0.909. The summed E-state index contributed by atoms with van der Waals surface area (Å²) in [6.45, 7) is 20.4. The lowest BCUT2D eigenvalue weighted by molar-refractivity contribution is -0.154. The van der Waals surface area contributed by atoms with Crippen molar-refractivity contribution in [3.8, 4) is 0 Å². The third kappa shape index (κ3) is 10.1. The van der Waals surface area contributed by atoms with Crippen LogP contribution in [0.2, 0.25) is 0 Å². The van der Waals surface area contributed by atoms with Gasteiger partial charge in [-0.1, -0.05) is 71.3 Å². The van der Waals surface area contributed by atoms with Crippen LogP contribution in [0, 0.1) is 17.8 Å². The highest BCUT2D eigenvalue weighted by Crippen LogP contribution is 2.31. The van der Waals surface area contributed by atoms with E-state index < -0.39 is 0 Å². The van der Waals surface area contributed by atoms with Crippen molar-refractivity contribution in [1.29, 1.82) is 0 Å². The first-order valence-electron chi connectivity index (χ1n) is 12.1. The van der Waals surface area contributed by atoms with Crippen molar-refractivity contribution < 1.29 is 14.3 Å². The molecule has 1 heterocycles. The zero-order valence-electron chi connectivity index (χ0n) is 20.0. The molecule has 3 nitrogen and oxygen atoms in total. The van der Waals surface area contributed by atoms with Crippen LogP contribution in [0.5, 0.6) is 0 Å². The summed E-state index contributed by atoms with van der Waals surface area (Å²) >= 11 is 0. The average Bonchev–Trinajstić information content (AvgIpc) is 3.04. The van der Waals surface area contributed by atoms with E-state index in [-0.39, 0.29) is 18.0 Å². The highest BCUT2D eigenvalue weighted by atomic mass is 16.5. The summed E-state index contributed by atoms with van der Waals surface area (Å²) in [6, 6.07) is 0. The molecule has 0 amide bonds. The summed E-state index contributed by atoms with van der Waals surface area (Å²) in [6.07, 6.45) is 14.3. The Morgan fingerprint density at radius 3 is 2.57 bits per heavy atom. The second-order valence-electron chi connectivity index (χ2n) is 9.44. The molecule has 0 aliphatic carbocycles. The first kappa shape index (κ1) is 26.7. The SMILES string of the molecule is C=CC[C@H]1C[C@H](C)[C@H](CCCC[C@H](C)C(=O)O[C@H](CCC)CC(=C)C[C@@H](C)C=C)O1. The number of hydrogen-bond donors (Lipinski definition) is 0. The summed E-state index contributed by atoms with van der Waals surface area (Å²) < 4.78 is 12.0. The van der Waals surface area contributed by atoms with Gasteiger partial charge in [0.1, 0.15) is 6.10 Å². The molecule has 0 aromatic heterocycles. The lowest BCUT2D eigenvalue weighted by Crippen LogP contribution is -2.23. The van der Waals surface area contributed by atoms with Crippen molar-refractivity contribution in [3.05, 3.63) is 37.5 Å². The van der Waals surface area contributed by atoms with E-state index in [0.29, 0.717) is 24.0 Å². The smallest absolute Gasteiger partial charge is 0.308 e. The van der Waals surface area contributed by atoms with E-state index in [1.54, 1.807) is 0 Å². The third-order valence-corrected chi connectivity index (χ3v) is 6.27. The van der Waals surface area contributed by atoms with Gasteiger partial charge >= 0.3 is 5.97 Å². The molecule has 0 radical (unpaired) electrons. The molecule has 6 atom stereocenters. The van der Waals surface area contributed by atoms with Crippen LogP contribution >= 0.6 is 0 Å². The van der Waals surface area contributed by atoms with Crippen LogP contribution in [0.25, 0.3) is 0 Å². The van der Waals surface area contributed by atoms with Crippen LogP contribution in [-0.2, 0) is 14.3 Å². The van der Waals surface area contributed by atoms with Crippen LogP contribution in [-0.4, -0.2) is 24.3 Å². The van der Waals surface area contributed by atoms with Gasteiger partial charge in [-0.05, 0) is 50.4 Å². The first-order chi connectivity index (χ1) is 14.3. The van der Waals surface area contributed by atoms with E-state index >= 15 is 0 Å². The fourth-order valence-electron chi connectivity index (χ4n) is 4.36. The molecule has 30 heavy (non-hydrogen) atoms. The maximum Gasteiger partial charge on any atom is 0.308 e. The van der Waals surface area contributed by atoms with Gasteiger partial charge in [0.25, 0.3) is 0 Å².